The highest BCUT2D eigenvalue weighted by molar-refractivity contribution is 5.98. The van der Waals surface area contributed by atoms with E-state index in [9.17, 15) is 15.0 Å². The Hall–Kier alpha value is -1.55. The molecule has 0 spiro atoms. The van der Waals surface area contributed by atoms with Crippen LogP contribution in [0.5, 0.6) is 11.5 Å². The summed E-state index contributed by atoms with van der Waals surface area (Å²) in [5.74, 6) is -0.463. The summed E-state index contributed by atoms with van der Waals surface area (Å²) in [4.78, 5) is 14.1. The van der Waals surface area contributed by atoms with Gasteiger partial charge in [-0.05, 0) is 44.5 Å². The number of carbonyl (C=O) groups excluding carboxylic acids is 1. The Morgan fingerprint density at radius 2 is 2.18 bits per heavy atom. The number of aromatic hydroxyl groups is 2. The molecule has 1 aromatic rings. The van der Waals surface area contributed by atoms with Crippen molar-refractivity contribution >= 4 is 5.78 Å². The summed E-state index contributed by atoms with van der Waals surface area (Å²) in [7, 11) is 0. The van der Waals surface area contributed by atoms with Crippen molar-refractivity contribution < 1.29 is 15.0 Å². The molecular weight excluding hydrogens is 218 g/mol. The van der Waals surface area contributed by atoms with E-state index >= 15 is 0 Å². The van der Waals surface area contributed by atoms with Gasteiger partial charge in [0.2, 0.25) is 0 Å². The molecule has 1 heterocycles. The molecule has 2 N–H and O–H groups in total. The minimum Gasteiger partial charge on any atom is -0.504 e. The lowest BCUT2D eigenvalue weighted by atomic mass is 10.1. The van der Waals surface area contributed by atoms with E-state index in [1.54, 1.807) is 0 Å². The molecule has 17 heavy (non-hydrogen) atoms. The fourth-order valence-corrected chi connectivity index (χ4v) is 2.20. The van der Waals surface area contributed by atoms with Crippen LogP contribution < -0.4 is 0 Å². The molecule has 1 aliphatic rings. The number of ketones is 1. The zero-order valence-corrected chi connectivity index (χ0v) is 9.89. The molecule has 1 saturated heterocycles. The summed E-state index contributed by atoms with van der Waals surface area (Å²) < 4.78 is 0. The molecule has 0 saturated carbocycles. The molecule has 1 aromatic carbocycles. The molecule has 4 nitrogen and oxygen atoms in total. The summed E-state index contributed by atoms with van der Waals surface area (Å²) in [6.45, 7) is 3.46. The lowest BCUT2D eigenvalue weighted by molar-refractivity contribution is 0.0926. The number of likely N-dealkylation sites (tertiary alicyclic amines) is 1. The Kier molecular flexibility index (Phi) is 3.33. The van der Waals surface area contributed by atoms with E-state index in [4.69, 9.17) is 0 Å². The molecule has 0 amide bonds. The second-order valence-corrected chi connectivity index (χ2v) is 4.59. The Balaban J connectivity index is 2.06. The van der Waals surface area contributed by atoms with Gasteiger partial charge in [0.25, 0.3) is 0 Å². The number of phenols is 2. The fraction of sp³-hybridized carbons (Fsp3) is 0.462. The van der Waals surface area contributed by atoms with Crippen LogP contribution in [0.15, 0.2) is 18.2 Å². The summed E-state index contributed by atoms with van der Waals surface area (Å²) in [6, 6.07) is 4.65. The summed E-state index contributed by atoms with van der Waals surface area (Å²) >= 11 is 0. The van der Waals surface area contributed by atoms with E-state index < -0.39 is 0 Å². The maximum Gasteiger partial charge on any atom is 0.176 e. The van der Waals surface area contributed by atoms with Crippen molar-refractivity contribution in [3.63, 3.8) is 0 Å². The Labute approximate surface area is 100 Å². The van der Waals surface area contributed by atoms with E-state index in [2.05, 4.69) is 11.8 Å². The highest BCUT2D eigenvalue weighted by Gasteiger charge is 2.23. The maximum atomic E-state index is 12.0. The molecule has 2 rings (SSSR count). The Morgan fingerprint density at radius 3 is 2.76 bits per heavy atom. The van der Waals surface area contributed by atoms with Gasteiger partial charge >= 0.3 is 0 Å². The van der Waals surface area contributed by atoms with Gasteiger partial charge in [-0.15, -0.1) is 0 Å². The number of phenolic OH excluding ortho intramolecular Hbond substituents is 2. The van der Waals surface area contributed by atoms with Gasteiger partial charge in [0, 0.05) is 11.6 Å². The van der Waals surface area contributed by atoms with E-state index in [1.807, 2.05) is 0 Å². The fourth-order valence-electron chi connectivity index (χ4n) is 2.20. The number of hydrogen-bond donors (Lipinski definition) is 2. The van der Waals surface area contributed by atoms with Crippen LogP contribution in [-0.4, -0.2) is 40.0 Å². The van der Waals surface area contributed by atoms with Crippen LogP contribution in [0.2, 0.25) is 0 Å². The smallest absolute Gasteiger partial charge is 0.176 e. The molecule has 1 atom stereocenters. The number of benzene rings is 1. The molecule has 0 aromatic heterocycles. The lowest BCUT2D eigenvalue weighted by Gasteiger charge is -2.19. The van der Waals surface area contributed by atoms with Crippen molar-refractivity contribution in [2.45, 2.75) is 25.8 Å². The number of nitrogens with zero attached hydrogens (tertiary/aromatic N) is 1. The molecule has 1 fully saturated rings. The van der Waals surface area contributed by atoms with Crippen molar-refractivity contribution in [2.75, 3.05) is 13.1 Å². The maximum absolute atomic E-state index is 12.0. The Morgan fingerprint density at radius 1 is 1.41 bits per heavy atom. The van der Waals surface area contributed by atoms with Crippen molar-refractivity contribution in [3.8, 4) is 11.5 Å². The van der Waals surface area contributed by atoms with Crippen LogP contribution in [-0.2, 0) is 0 Å². The largest absolute Gasteiger partial charge is 0.504 e. The second kappa shape index (κ2) is 4.75. The molecule has 4 heteroatoms. The zero-order chi connectivity index (χ0) is 12.4. The summed E-state index contributed by atoms with van der Waals surface area (Å²) in [6.07, 6.45) is 2.27. The lowest BCUT2D eigenvalue weighted by Crippen LogP contribution is -2.32. The highest BCUT2D eigenvalue weighted by atomic mass is 16.3. The first-order valence-electron chi connectivity index (χ1n) is 5.87. The first-order chi connectivity index (χ1) is 8.08. The van der Waals surface area contributed by atoms with Gasteiger partial charge in [0.1, 0.15) is 0 Å². The van der Waals surface area contributed by atoms with Gasteiger partial charge in [0.15, 0.2) is 17.3 Å². The minimum absolute atomic E-state index is 0.0194. The Bertz CT molecular complexity index is 431. The second-order valence-electron chi connectivity index (χ2n) is 4.59. The molecule has 92 valence electrons. The standard InChI is InChI=1S/C13H17NO3/c1-9-3-2-6-14(9)8-13(17)10-4-5-11(15)12(16)7-10/h4-5,7,9,15-16H,2-3,6,8H2,1H3. The summed E-state index contributed by atoms with van der Waals surface area (Å²) in [5, 5.41) is 18.5. The SMILES string of the molecule is CC1CCCN1CC(=O)c1ccc(O)c(O)c1. The first kappa shape index (κ1) is 11.9. The molecule has 0 radical (unpaired) electrons. The number of rotatable bonds is 3. The third-order valence-electron chi connectivity index (χ3n) is 3.33. The van der Waals surface area contributed by atoms with Crippen molar-refractivity contribution in [1.29, 1.82) is 0 Å². The summed E-state index contributed by atoms with van der Waals surface area (Å²) in [5.41, 5.74) is 0.444. The molecule has 1 aliphatic heterocycles. The van der Waals surface area contributed by atoms with Gasteiger partial charge in [-0.1, -0.05) is 0 Å². The topological polar surface area (TPSA) is 60.8 Å². The van der Waals surface area contributed by atoms with E-state index in [-0.39, 0.29) is 17.3 Å². The third kappa shape index (κ3) is 2.58. The average molecular weight is 235 g/mol. The van der Waals surface area contributed by atoms with Crippen LogP contribution in [0.25, 0.3) is 0 Å². The minimum atomic E-state index is -0.245. The van der Waals surface area contributed by atoms with Crippen LogP contribution in [0.4, 0.5) is 0 Å². The quantitative estimate of drug-likeness (QED) is 0.619. The van der Waals surface area contributed by atoms with Crippen molar-refractivity contribution in [1.82, 2.24) is 4.90 Å². The van der Waals surface area contributed by atoms with Gasteiger partial charge in [0.05, 0.1) is 6.54 Å². The van der Waals surface area contributed by atoms with Gasteiger partial charge in [-0.2, -0.15) is 0 Å². The number of carbonyl (C=O) groups is 1. The predicted molar refractivity (Wildman–Crippen MR) is 64.4 cm³/mol. The first-order valence-corrected chi connectivity index (χ1v) is 5.87. The van der Waals surface area contributed by atoms with E-state index in [1.165, 1.54) is 18.2 Å². The van der Waals surface area contributed by atoms with E-state index in [0.717, 1.165) is 19.4 Å². The van der Waals surface area contributed by atoms with Crippen LogP contribution in [0.3, 0.4) is 0 Å². The van der Waals surface area contributed by atoms with Crippen molar-refractivity contribution in [2.24, 2.45) is 0 Å². The van der Waals surface area contributed by atoms with Crippen LogP contribution >= 0.6 is 0 Å². The number of hydrogen-bond acceptors (Lipinski definition) is 4. The van der Waals surface area contributed by atoms with Crippen molar-refractivity contribution in [3.05, 3.63) is 23.8 Å². The highest BCUT2D eigenvalue weighted by Crippen LogP contribution is 2.25. The average Bonchev–Trinajstić information content (AvgIpc) is 2.68. The molecular formula is C13H17NO3. The molecule has 0 bridgehead atoms. The van der Waals surface area contributed by atoms with Crippen LogP contribution in [0.1, 0.15) is 30.1 Å². The normalized spacial score (nSPS) is 20.6. The molecule has 1 unspecified atom stereocenters. The predicted octanol–water partition coefficient (Wildman–Crippen LogP) is 1.76. The third-order valence-corrected chi connectivity index (χ3v) is 3.33. The number of Topliss-reactive ketones (excluding diaryl/α,β-unsaturated/α-hetero) is 1. The van der Waals surface area contributed by atoms with Gasteiger partial charge in [-0.3, -0.25) is 9.69 Å². The van der Waals surface area contributed by atoms with Crippen LogP contribution in [0, 0.1) is 0 Å². The van der Waals surface area contributed by atoms with Gasteiger partial charge < -0.3 is 10.2 Å². The van der Waals surface area contributed by atoms with Gasteiger partial charge in [-0.25, -0.2) is 0 Å². The van der Waals surface area contributed by atoms with E-state index in [0.29, 0.717) is 18.2 Å². The molecule has 0 aliphatic carbocycles. The monoisotopic (exact) mass is 235 g/mol. The zero-order valence-electron chi connectivity index (χ0n) is 9.89.